The van der Waals surface area contributed by atoms with Crippen LogP contribution in [0.15, 0.2) is 54.7 Å². The molecule has 0 unspecified atom stereocenters. The lowest BCUT2D eigenvalue weighted by atomic mass is 10.1. The first-order chi connectivity index (χ1) is 12.0. The van der Waals surface area contributed by atoms with Crippen molar-refractivity contribution in [2.45, 2.75) is 6.92 Å². The third-order valence-electron chi connectivity index (χ3n) is 3.90. The van der Waals surface area contributed by atoms with Crippen molar-refractivity contribution in [3.63, 3.8) is 0 Å². The number of aromatic nitrogens is 1. The smallest absolute Gasteiger partial charge is 0.257 e. The molecule has 3 rings (SSSR count). The molecule has 6 heteroatoms. The number of hydrogen-bond donors (Lipinski definition) is 1. The van der Waals surface area contributed by atoms with Gasteiger partial charge in [-0.05, 0) is 42.5 Å². The van der Waals surface area contributed by atoms with Gasteiger partial charge in [0.15, 0.2) is 0 Å². The fourth-order valence-corrected chi connectivity index (χ4v) is 2.48. The maximum atomic E-state index is 13.8. The van der Waals surface area contributed by atoms with E-state index in [0.29, 0.717) is 22.3 Å². The Morgan fingerprint density at radius 1 is 1.12 bits per heavy atom. The first-order valence-corrected chi connectivity index (χ1v) is 7.65. The summed E-state index contributed by atoms with van der Waals surface area (Å²) in [4.78, 5) is 29.6. The number of amides is 2. The molecule has 0 aliphatic rings. The first kappa shape index (κ1) is 16.6. The number of anilines is 2. The van der Waals surface area contributed by atoms with Gasteiger partial charge in [-0.15, -0.1) is 0 Å². The zero-order chi connectivity index (χ0) is 18.0. The normalized spacial score (nSPS) is 10.5. The Bertz CT molecular complexity index is 955. The van der Waals surface area contributed by atoms with Crippen molar-refractivity contribution < 1.29 is 14.0 Å². The average molecular weight is 337 g/mol. The molecule has 25 heavy (non-hydrogen) atoms. The molecule has 0 saturated heterocycles. The minimum Gasteiger partial charge on any atom is -0.322 e. The largest absolute Gasteiger partial charge is 0.322 e. The molecule has 1 aromatic heterocycles. The van der Waals surface area contributed by atoms with E-state index in [1.54, 1.807) is 49.6 Å². The van der Waals surface area contributed by atoms with Crippen molar-refractivity contribution in [3.8, 4) is 0 Å². The number of nitrogens with one attached hydrogen (secondary N) is 1. The Kier molecular flexibility index (Phi) is 4.43. The lowest BCUT2D eigenvalue weighted by Gasteiger charge is -2.15. The van der Waals surface area contributed by atoms with Crippen LogP contribution >= 0.6 is 0 Å². The van der Waals surface area contributed by atoms with E-state index in [2.05, 4.69) is 10.3 Å². The summed E-state index contributed by atoms with van der Waals surface area (Å²) in [7, 11) is 1.67. The van der Waals surface area contributed by atoms with Gasteiger partial charge in [-0.3, -0.25) is 14.6 Å². The molecule has 0 aliphatic carbocycles. The maximum Gasteiger partial charge on any atom is 0.257 e. The Morgan fingerprint density at radius 2 is 1.84 bits per heavy atom. The van der Waals surface area contributed by atoms with Crippen molar-refractivity contribution in [1.82, 2.24) is 4.98 Å². The van der Waals surface area contributed by atoms with Gasteiger partial charge in [0.25, 0.3) is 5.91 Å². The number of fused-ring (bicyclic) bond motifs is 1. The van der Waals surface area contributed by atoms with Gasteiger partial charge in [0.2, 0.25) is 5.91 Å². The highest BCUT2D eigenvalue weighted by Gasteiger charge is 2.14. The molecule has 2 amide bonds. The molecule has 0 atom stereocenters. The summed E-state index contributed by atoms with van der Waals surface area (Å²) in [5, 5.41) is 3.29. The molecule has 0 fully saturated rings. The summed E-state index contributed by atoms with van der Waals surface area (Å²) in [5.41, 5.74) is 1.86. The minimum atomic E-state index is -0.496. The third-order valence-corrected chi connectivity index (χ3v) is 3.90. The van der Waals surface area contributed by atoms with E-state index in [1.807, 2.05) is 0 Å². The second kappa shape index (κ2) is 6.68. The number of carbonyl (C=O) groups excluding carboxylic acids is 2. The zero-order valence-corrected chi connectivity index (χ0v) is 13.8. The standard InChI is InChI=1S/C19H16FN3O2/c1-12(24)23(2)16-7-5-15(6-8-16)22-19(25)17-11-14(20)10-13-4-3-9-21-18(13)17/h3-11H,1-2H3,(H,22,25). The van der Waals surface area contributed by atoms with Crippen LogP contribution in [0.3, 0.4) is 0 Å². The lowest BCUT2D eigenvalue weighted by Crippen LogP contribution is -2.22. The van der Waals surface area contributed by atoms with Crippen LogP contribution < -0.4 is 10.2 Å². The summed E-state index contributed by atoms with van der Waals surface area (Å²) in [6.45, 7) is 1.47. The molecule has 5 nitrogen and oxygen atoms in total. The molecular weight excluding hydrogens is 321 g/mol. The van der Waals surface area contributed by atoms with Gasteiger partial charge in [0.05, 0.1) is 11.1 Å². The highest BCUT2D eigenvalue weighted by molar-refractivity contribution is 6.11. The van der Waals surface area contributed by atoms with Crippen LogP contribution in [0.4, 0.5) is 15.8 Å². The van der Waals surface area contributed by atoms with E-state index < -0.39 is 11.7 Å². The van der Waals surface area contributed by atoms with E-state index in [9.17, 15) is 14.0 Å². The van der Waals surface area contributed by atoms with Gasteiger partial charge in [-0.2, -0.15) is 0 Å². The van der Waals surface area contributed by atoms with Crippen molar-refractivity contribution in [1.29, 1.82) is 0 Å². The highest BCUT2D eigenvalue weighted by atomic mass is 19.1. The Balaban J connectivity index is 1.87. The molecule has 1 N–H and O–H groups in total. The van der Waals surface area contributed by atoms with E-state index in [0.717, 1.165) is 0 Å². The minimum absolute atomic E-state index is 0.0888. The quantitative estimate of drug-likeness (QED) is 0.794. The monoisotopic (exact) mass is 337 g/mol. The Morgan fingerprint density at radius 3 is 2.52 bits per heavy atom. The second-order valence-corrected chi connectivity index (χ2v) is 5.61. The van der Waals surface area contributed by atoms with Crippen LogP contribution in [0.5, 0.6) is 0 Å². The second-order valence-electron chi connectivity index (χ2n) is 5.61. The average Bonchev–Trinajstić information content (AvgIpc) is 2.60. The maximum absolute atomic E-state index is 13.8. The number of benzene rings is 2. The topological polar surface area (TPSA) is 62.3 Å². The van der Waals surface area contributed by atoms with Gasteiger partial charge in [-0.1, -0.05) is 6.07 Å². The van der Waals surface area contributed by atoms with Crippen molar-refractivity contribution in [2.24, 2.45) is 0 Å². The van der Waals surface area contributed by atoms with E-state index in [-0.39, 0.29) is 11.5 Å². The molecule has 1 heterocycles. The summed E-state index contributed by atoms with van der Waals surface area (Å²) in [6.07, 6.45) is 1.56. The summed E-state index contributed by atoms with van der Waals surface area (Å²) in [5.74, 6) is -1.03. The van der Waals surface area contributed by atoms with Crippen molar-refractivity contribution >= 4 is 34.1 Å². The fourth-order valence-electron chi connectivity index (χ4n) is 2.48. The first-order valence-electron chi connectivity index (χ1n) is 7.65. The molecule has 2 aromatic carbocycles. The predicted molar refractivity (Wildman–Crippen MR) is 95.2 cm³/mol. The number of pyridine rings is 1. The number of rotatable bonds is 3. The summed E-state index contributed by atoms with van der Waals surface area (Å²) >= 11 is 0. The predicted octanol–water partition coefficient (Wildman–Crippen LogP) is 3.61. The van der Waals surface area contributed by atoms with Crippen LogP contribution in [0.2, 0.25) is 0 Å². The molecule has 0 spiro atoms. The van der Waals surface area contributed by atoms with Crippen molar-refractivity contribution in [2.75, 3.05) is 17.3 Å². The molecular formula is C19H16FN3O2. The van der Waals surface area contributed by atoms with Crippen LogP contribution in [0.1, 0.15) is 17.3 Å². The highest BCUT2D eigenvalue weighted by Crippen LogP contribution is 2.21. The van der Waals surface area contributed by atoms with Gasteiger partial charge < -0.3 is 10.2 Å². The third kappa shape index (κ3) is 3.47. The van der Waals surface area contributed by atoms with Gasteiger partial charge in [0, 0.05) is 36.9 Å². The Labute approximate surface area is 144 Å². The summed E-state index contributed by atoms with van der Waals surface area (Å²) in [6, 6.07) is 12.7. The van der Waals surface area contributed by atoms with Gasteiger partial charge in [0.1, 0.15) is 5.82 Å². The molecule has 126 valence electrons. The Hall–Kier alpha value is -3.28. The molecule has 0 bridgehead atoms. The van der Waals surface area contributed by atoms with Gasteiger partial charge >= 0.3 is 0 Å². The van der Waals surface area contributed by atoms with Crippen LogP contribution in [0.25, 0.3) is 10.9 Å². The number of carbonyl (C=O) groups is 2. The van der Waals surface area contributed by atoms with Crippen LogP contribution in [-0.4, -0.2) is 23.8 Å². The van der Waals surface area contributed by atoms with Crippen LogP contribution in [0, 0.1) is 5.82 Å². The summed E-state index contributed by atoms with van der Waals surface area (Å²) < 4.78 is 13.8. The number of hydrogen-bond acceptors (Lipinski definition) is 3. The lowest BCUT2D eigenvalue weighted by molar-refractivity contribution is -0.116. The van der Waals surface area contributed by atoms with E-state index in [1.165, 1.54) is 24.0 Å². The molecule has 0 radical (unpaired) electrons. The number of halogens is 1. The molecule has 0 aliphatic heterocycles. The fraction of sp³-hybridized carbons (Fsp3) is 0.105. The zero-order valence-electron chi connectivity index (χ0n) is 13.8. The molecule has 0 saturated carbocycles. The van der Waals surface area contributed by atoms with Crippen LogP contribution in [-0.2, 0) is 4.79 Å². The van der Waals surface area contributed by atoms with E-state index >= 15 is 0 Å². The van der Waals surface area contributed by atoms with Gasteiger partial charge in [-0.25, -0.2) is 4.39 Å². The van der Waals surface area contributed by atoms with E-state index in [4.69, 9.17) is 0 Å². The molecule has 3 aromatic rings. The SMILES string of the molecule is CC(=O)N(C)c1ccc(NC(=O)c2cc(F)cc3cccnc23)cc1. The number of nitrogens with zero attached hydrogens (tertiary/aromatic N) is 2. The van der Waals surface area contributed by atoms with Crippen molar-refractivity contribution in [3.05, 3.63) is 66.1 Å².